The summed E-state index contributed by atoms with van der Waals surface area (Å²) in [6.07, 6.45) is 5.01. The van der Waals surface area contributed by atoms with E-state index in [2.05, 4.69) is 12.1 Å². The van der Waals surface area contributed by atoms with Crippen molar-refractivity contribution in [3.8, 4) is 0 Å². The van der Waals surface area contributed by atoms with E-state index in [9.17, 15) is 0 Å². The third kappa shape index (κ3) is 2.47. The van der Waals surface area contributed by atoms with Gasteiger partial charge < -0.3 is 5.73 Å². The van der Waals surface area contributed by atoms with Crippen LogP contribution in [-0.4, -0.2) is 6.54 Å². The summed E-state index contributed by atoms with van der Waals surface area (Å²) in [7, 11) is 0. The lowest BCUT2D eigenvalue weighted by Gasteiger charge is -2.27. The Bertz CT molecular complexity index is 319. The predicted molar refractivity (Wildman–Crippen MR) is 67.9 cm³/mol. The molecule has 3 heteroatoms. The summed E-state index contributed by atoms with van der Waals surface area (Å²) in [6.45, 7) is 0.743. The monoisotopic (exact) mass is 245 g/mol. The van der Waals surface area contributed by atoms with Gasteiger partial charge in [0.1, 0.15) is 0 Å². The first-order chi connectivity index (χ1) is 6.77. The van der Waals surface area contributed by atoms with E-state index in [1.165, 1.54) is 31.2 Å². The van der Waals surface area contributed by atoms with Crippen LogP contribution in [0.25, 0.3) is 0 Å². The van der Waals surface area contributed by atoms with Crippen molar-refractivity contribution < 1.29 is 0 Å². The minimum Gasteiger partial charge on any atom is -0.330 e. The molecule has 15 heavy (non-hydrogen) atoms. The molecule has 1 fully saturated rings. The maximum absolute atomic E-state index is 6.00. The van der Waals surface area contributed by atoms with Gasteiger partial charge in [0.25, 0.3) is 0 Å². The summed E-state index contributed by atoms with van der Waals surface area (Å²) >= 11 is 6.00. The second-order valence-electron chi connectivity index (χ2n) is 4.20. The minimum atomic E-state index is 0. The van der Waals surface area contributed by atoms with Gasteiger partial charge in [-0.15, -0.1) is 12.4 Å². The molecule has 2 N–H and O–H groups in total. The summed E-state index contributed by atoms with van der Waals surface area (Å²) in [5.74, 6) is 0. The molecule has 1 aliphatic rings. The normalized spacial score (nSPS) is 18.5. The lowest BCUT2D eigenvalue weighted by Crippen LogP contribution is -2.31. The number of halogens is 2. The van der Waals surface area contributed by atoms with Gasteiger partial charge in [-0.2, -0.15) is 0 Å². The van der Waals surface area contributed by atoms with Crippen LogP contribution < -0.4 is 5.73 Å². The molecular formula is C12H17Cl2N. The molecule has 0 aliphatic heterocycles. The van der Waals surface area contributed by atoms with E-state index in [4.69, 9.17) is 17.3 Å². The third-order valence-electron chi connectivity index (χ3n) is 3.39. The Morgan fingerprint density at radius 2 is 1.93 bits per heavy atom. The quantitative estimate of drug-likeness (QED) is 0.848. The lowest BCUT2D eigenvalue weighted by molar-refractivity contribution is 0.453. The Kier molecular flexibility index (Phi) is 4.45. The van der Waals surface area contributed by atoms with Gasteiger partial charge in [-0.3, -0.25) is 0 Å². The fourth-order valence-corrected chi connectivity index (χ4v) is 2.67. The van der Waals surface area contributed by atoms with Gasteiger partial charge in [-0.1, -0.05) is 36.6 Å². The van der Waals surface area contributed by atoms with Crippen molar-refractivity contribution >= 4 is 24.0 Å². The molecule has 1 aliphatic carbocycles. The minimum absolute atomic E-state index is 0. The number of nitrogens with two attached hydrogens (primary N) is 1. The Morgan fingerprint density at radius 3 is 2.47 bits per heavy atom. The van der Waals surface area contributed by atoms with E-state index in [0.717, 1.165) is 11.6 Å². The molecule has 0 atom stereocenters. The van der Waals surface area contributed by atoms with E-state index in [-0.39, 0.29) is 17.8 Å². The number of benzene rings is 1. The van der Waals surface area contributed by atoms with Crippen LogP contribution in [0.4, 0.5) is 0 Å². The first-order valence-electron chi connectivity index (χ1n) is 5.23. The van der Waals surface area contributed by atoms with E-state index in [1.54, 1.807) is 0 Å². The second kappa shape index (κ2) is 5.20. The predicted octanol–water partition coefficient (Wildman–Crippen LogP) is 3.53. The molecule has 0 heterocycles. The molecule has 0 radical (unpaired) electrons. The van der Waals surface area contributed by atoms with Gasteiger partial charge in [0.15, 0.2) is 0 Å². The molecule has 2 rings (SSSR count). The van der Waals surface area contributed by atoms with E-state index >= 15 is 0 Å². The van der Waals surface area contributed by atoms with Crippen molar-refractivity contribution in [2.75, 3.05) is 6.54 Å². The maximum atomic E-state index is 6.00. The Hall–Kier alpha value is -0.240. The highest BCUT2D eigenvalue weighted by molar-refractivity contribution is 6.30. The van der Waals surface area contributed by atoms with Crippen LogP contribution in [0.5, 0.6) is 0 Å². The van der Waals surface area contributed by atoms with Crippen molar-refractivity contribution in [1.29, 1.82) is 0 Å². The number of hydrogen-bond acceptors (Lipinski definition) is 1. The summed E-state index contributed by atoms with van der Waals surface area (Å²) in [4.78, 5) is 0. The zero-order valence-corrected chi connectivity index (χ0v) is 10.3. The molecule has 1 aromatic carbocycles. The van der Waals surface area contributed by atoms with E-state index in [0.29, 0.717) is 0 Å². The molecule has 84 valence electrons. The average molecular weight is 246 g/mol. The highest BCUT2D eigenvalue weighted by Gasteiger charge is 2.34. The van der Waals surface area contributed by atoms with E-state index < -0.39 is 0 Å². The van der Waals surface area contributed by atoms with Crippen LogP contribution in [0.1, 0.15) is 31.2 Å². The van der Waals surface area contributed by atoms with Crippen molar-refractivity contribution in [3.63, 3.8) is 0 Å². The molecule has 1 nitrogen and oxygen atoms in total. The standard InChI is InChI=1S/C12H16ClN.ClH/c13-11-5-3-4-10(8-11)12(9-14)6-1-2-7-12;/h3-5,8H,1-2,6-7,9,14H2;1H. The van der Waals surface area contributed by atoms with Gasteiger partial charge in [-0.25, -0.2) is 0 Å². The number of hydrogen-bond donors (Lipinski definition) is 1. The first kappa shape index (κ1) is 12.8. The molecule has 0 unspecified atom stereocenters. The van der Waals surface area contributed by atoms with Gasteiger partial charge >= 0.3 is 0 Å². The summed E-state index contributed by atoms with van der Waals surface area (Å²) < 4.78 is 0. The van der Waals surface area contributed by atoms with Gasteiger partial charge in [0, 0.05) is 17.0 Å². The molecule has 0 aromatic heterocycles. The Morgan fingerprint density at radius 1 is 1.27 bits per heavy atom. The topological polar surface area (TPSA) is 26.0 Å². The molecule has 1 saturated carbocycles. The maximum Gasteiger partial charge on any atom is 0.0408 e. The second-order valence-corrected chi connectivity index (χ2v) is 4.64. The SMILES string of the molecule is Cl.NCC1(c2cccc(Cl)c2)CCCC1. The molecule has 0 bridgehead atoms. The number of rotatable bonds is 2. The highest BCUT2D eigenvalue weighted by atomic mass is 35.5. The summed E-state index contributed by atoms with van der Waals surface area (Å²) in [5, 5.41) is 0.822. The largest absolute Gasteiger partial charge is 0.330 e. The van der Waals surface area contributed by atoms with Crippen LogP contribution in [0.2, 0.25) is 5.02 Å². The van der Waals surface area contributed by atoms with Crippen LogP contribution >= 0.6 is 24.0 Å². The third-order valence-corrected chi connectivity index (χ3v) is 3.62. The van der Waals surface area contributed by atoms with Crippen LogP contribution in [0.15, 0.2) is 24.3 Å². The Balaban J connectivity index is 0.00000112. The van der Waals surface area contributed by atoms with Gasteiger partial charge in [0.2, 0.25) is 0 Å². The Labute approximate surface area is 102 Å². The molecule has 0 amide bonds. The molecule has 0 saturated heterocycles. The molecule has 1 aromatic rings. The van der Waals surface area contributed by atoms with Crippen LogP contribution in [0.3, 0.4) is 0 Å². The summed E-state index contributed by atoms with van der Waals surface area (Å²) in [5.41, 5.74) is 7.45. The van der Waals surface area contributed by atoms with Gasteiger partial charge in [0.05, 0.1) is 0 Å². The summed E-state index contributed by atoms with van der Waals surface area (Å²) in [6, 6.07) is 8.17. The van der Waals surface area contributed by atoms with Crippen molar-refractivity contribution in [1.82, 2.24) is 0 Å². The van der Waals surface area contributed by atoms with Crippen LogP contribution in [0, 0.1) is 0 Å². The van der Waals surface area contributed by atoms with E-state index in [1.807, 2.05) is 12.1 Å². The molecular weight excluding hydrogens is 229 g/mol. The zero-order valence-electron chi connectivity index (χ0n) is 8.71. The fourth-order valence-electron chi connectivity index (χ4n) is 2.48. The van der Waals surface area contributed by atoms with Gasteiger partial charge in [-0.05, 0) is 30.5 Å². The zero-order chi connectivity index (χ0) is 10.0. The van der Waals surface area contributed by atoms with Crippen molar-refractivity contribution in [2.45, 2.75) is 31.1 Å². The van der Waals surface area contributed by atoms with Crippen molar-refractivity contribution in [2.24, 2.45) is 5.73 Å². The molecule has 0 spiro atoms. The fraction of sp³-hybridized carbons (Fsp3) is 0.500. The smallest absolute Gasteiger partial charge is 0.0408 e. The first-order valence-corrected chi connectivity index (χ1v) is 5.61. The lowest BCUT2D eigenvalue weighted by atomic mass is 9.79. The van der Waals surface area contributed by atoms with Crippen molar-refractivity contribution in [3.05, 3.63) is 34.9 Å². The average Bonchev–Trinajstić information content (AvgIpc) is 2.67. The highest BCUT2D eigenvalue weighted by Crippen LogP contribution is 2.40. The van der Waals surface area contributed by atoms with Crippen LogP contribution in [-0.2, 0) is 5.41 Å².